The van der Waals surface area contributed by atoms with E-state index in [1.165, 1.54) is 0 Å². The average Bonchev–Trinajstić information content (AvgIpc) is 2.93. The van der Waals surface area contributed by atoms with E-state index in [0.717, 1.165) is 24.4 Å². The van der Waals surface area contributed by atoms with E-state index in [1.807, 2.05) is 0 Å². The van der Waals surface area contributed by atoms with Gasteiger partial charge in [0.05, 0.1) is 33.4 Å². The van der Waals surface area contributed by atoms with Gasteiger partial charge in [-0.2, -0.15) is 9.78 Å². The summed E-state index contributed by atoms with van der Waals surface area (Å²) < 4.78 is 90.3. The zero-order valence-electron chi connectivity index (χ0n) is 23.0. The van der Waals surface area contributed by atoms with Crippen molar-refractivity contribution < 1.29 is 35.1 Å². The molecule has 45 heavy (non-hydrogen) atoms. The third kappa shape index (κ3) is 8.23. The number of sulfonamides is 1. The van der Waals surface area contributed by atoms with E-state index in [4.69, 9.17) is 32.7 Å². The Hall–Kier alpha value is -3.90. The van der Waals surface area contributed by atoms with E-state index >= 15 is 0 Å². The van der Waals surface area contributed by atoms with Crippen molar-refractivity contribution in [1.82, 2.24) is 24.5 Å². The molecule has 3 aromatic rings. The first-order valence-electron chi connectivity index (χ1n) is 12.6. The van der Waals surface area contributed by atoms with Gasteiger partial charge in [-0.1, -0.05) is 54.1 Å². The van der Waals surface area contributed by atoms with Crippen LogP contribution in [-0.2, 0) is 19.9 Å². The third-order valence-electron chi connectivity index (χ3n) is 5.91. The summed E-state index contributed by atoms with van der Waals surface area (Å²) in [6, 6.07) is 2.30. The Kier molecular flexibility index (Phi) is 10.3. The van der Waals surface area contributed by atoms with Crippen molar-refractivity contribution in [2.75, 3.05) is 18.1 Å². The molecule has 1 aliphatic heterocycles. The van der Waals surface area contributed by atoms with E-state index in [2.05, 4.69) is 21.4 Å². The summed E-state index contributed by atoms with van der Waals surface area (Å²) in [7, 11) is -7.72. The fourth-order valence-corrected chi connectivity index (χ4v) is 7.26. The van der Waals surface area contributed by atoms with Crippen molar-refractivity contribution in [3.8, 4) is 23.1 Å². The van der Waals surface area contributed by atoms with Gasteiger partial charge < -0.3 is 9.47 Å². The average molecular weight is 707 g/mol. The Morgan fingerprint density at radius 3 is 2.49 bits per heavy atom. The molecule has 1 fully saturated rings. The highest BCUT2D eigenvalue weighted by atomic mass is 35.5. The quantitative estimate of drug-likeness (QED) is 0.265. The van der Waals surface area contributed by atoms with Crippen molar-refractivity contribution >= 4 is 43.1 Å². The Morgan fingerprint density at radius 2 is 1.89 bits per heavy atom. The molecule has 1 aliphatic rings. The highest BCUT2D eigenvalue weighted by Gasteiger charge is 2.37. The number of halogens is 4. The second kappa shape index (κ2) is 13.6. The molecular formula is C26H23Cl2F2N5O8S2. The standard InChI is InChI=1S/C26H23Cl2F2N5O8S2/c1-3-4-5-6-14(2)11-42-19-10-31-21(9-20(19)45(40,41)34-15-12-44(38,39)13-15)43-23-17(27)7-16(8-18(23)28)35-26(37)32-25(36)22(33-35)24(29)30/h3-10,15,24,34H,1,11-13H2,2H3,(H,32,36,37)/b5-4-,14-6+. The van der Waals surface area contributed by atoms with E-state index in [-0.39, 0.29) is 51.2 Å². The molecule has 3 heterocycles. The van der Waals surface area contributed by atoms with Crippen LogP contribution >= 0.6 is 23.2 Å². The molecule has 2 aromatic heterocycles. The molecule has 0 saturated carbocycles. The molecule has 0 unspecified atom stereocenters. The molecule has 0 radical (unpaired) electrons. The summed E-state index contributed by atoms with van der Waals surface area (Å²) >= 11 is 12.6. The van der Waals surface area contributed by atoms with Crippen LogP contribution in [0.4, 0.5) is 8.78 Å². The van der Waals surface area contributed by atoms with Gasteiger partial charge in [-0.05, 0) is 24.6 Å². The van der Waals surface area contributed by atoms with E-state index in [9.17, 15) is 35.2 Å². The fourth-order valence-electron chi connectivity index (χ4n) is 3.84. The zero-order chi connectivity index (χ0) is 33.1. The Morgan fingerprint density at radius 1 is 1.22 bits per heavy atom. The molecule has 1 aromatic carbocycles. The SMILES string of the molecule is C=C/C=C\C=C(/C)COc1cnc(Oc2c(Cl)cc(-n3nc(C(F)F)c(=O)[nH]c3=O)cc2Cl)cc1S(=O)(=O)NC1CS(=O)(=O)C1. The summed E-state index contributed by atoms with van der Waals surface area (Å²) in [6.45, 7) is 5.27. The van der Waals surface area contributed by atoms with Crippen molar-refractivity contribution in [2.45, 2.75) is 24.3 Å². The topological polar surface area (TPSA) is 179 Å². The number of benzene rings is 1. The molecule has 19 heteroatoms. The summed E-state index contributed by atoms with van der Waals surface area (Å²) in [4.78, 5) is 29.2. The number of allylic oxidation sites excluding steroid dienone is 4. The first-order chi connectivity index (χ1) is 21.1. The second-order valence-corrected chi connectivity index (χ2v) is 14.1. The summed E-state index contributed by atoms with van der Waals surface area (Å²) in [5, 5.41) is 2.84. The lowest BCUT2D eigenvalue weighted by molar-refractivity contribution is 0.141. The molecule has 0 bridgehead atoms. The largest absolute Gasteiger partial charge is 0.486 e. The number of nitrogens with zero attached hydrogens (tertiary/aromatic N) is 3. The van der Waals surface area contributed by atoms with Gasteiger partial charge in [0.15, 0.2) is 27.0 Å². The fraction of sp³-hybridized carbons (Fsp3) is 0.231. The van der Waals surface area contributed by atoms with Gasteiger partial charge in [0, 0.05) is 12.1 Å². The maximum absolute atomic E-state index is 13.3. The Bertz CT molecular complexity index is 2010. The Balaban J connectivity index is 1.68. The van der Waals surface area contributed by atoms with Gasteiger partial charge >= 0.3 is 5.69 Å². The molecule has 0 atom stereocenters. The van der Waals surface area contributed by atoms with Gasteiger partial charge in [0.2, 0.25) is 15.9 Å². The van der Waals surface area contributed by atoms with Crippen LogP contribution in [0, 0.1) is 0 Å². The second-order valence-electron chi connectivity index (χ2n) is 9.48. The van der Waals surface area contributed by atoms with Crippen LogP contribution in [0.25, 0.3) is 5.69 Å². The first-order valence-corrected chi connectivity index (χ1v) is 16.7. The lowest BCUT2D eigenvalue weighted by atomic mass is 10.3. The number of sulfone groups is 1. The number of aromatic amines is 1. The number of H-pyrrole nitrogens is 1. The van der Waals surface area contributed by atoms with Gasteiger partial charge in [-0.15, -0.1) is 0 Å². The van der Waals surface area contributed by atoms with Gasteiger partial charge in [-0.3, -0.25) is 9.78 Å². The number of hydrogen-bond donors (Lipinski definition) is 2. The molecule has 2 N–H and O–H groups in total. The van der Waals surface area contributed by atoms with Crippen molar-refractivity contribution in [1.29, 1.82) is 0 Å². The third-order valence-corrected chi connectivity index (χ3v) is 9.83. The van der Waals surface area contributed by atoms with Gasteiger partial charge in [0.1, 0.15) is 11.5 Å². The minimum atomic E-state index is -4.38. The lowest BCUT2D eigenvalue weighted by Gasteiger charge is -2.26. The van der Waals surface area contributed by atoms with Crippen LogP contribution in [0.2, 0.25) is 10.0 Å². The number of pyridine rings is 1. The van der Waals surface area contributed by atoms with Crippen molar-refractivity contribution in [2.24, 2.45) is 0 Å². The number of ether oxygens (including phenoxy) is 2. The number of hydrogen-bond acceptors (Lipinski definition) is 10. The highest BCUT2D eigenvalue weighted by Crippen LogP contribution is 2.39. The molecule has 1 saturated heterocycles. The molecule has 240 valence electrons. The maximum atomic E-state index is 13.3. The zero-order valence-corrected chi connectivity index (χ0v) is 26.2. The lowest BCUT2D eigenvalue weighted by Crippen LogP contribution is -2.52. The van der Waals surface area contributed by atoms with Crippen LogP contribution in [0.5, 0.6) is 17.4 Å². The molecule has 0 aliphatic carbocycles. The van der Waals surface area contributed by atoms with Crippen molar-refractivity contribution in [3.63, 3.8) is 0 Å². The van der Waals surface area contributed by atoms with Crippen LogP contribution < -0.4 is 25.4 Å². The van der Waals surface area contributed by atoms with Crippen LogP contribution in [-0.4, -0.2) is 60.7 Å². The predicted molar refractivity (Wildman–Crippen MR) is 161 cm³/mol. The molecular weight excluding hydrogens is 683 g/mol. The monoisotopic (exact) mass is 705 g/mol. The summed E-state index contributed by atoms with van der Waals surface area (Å²) in [5.74, 6) is -1.52. The van der Waals surface area contributed by atoms with E-state index in [1.54, 1.807) is 36.2 Å². The van der Waals surface area contributed by atoms with E-state index in [0.29, 0.717) is 10.3 Å². The van der Waals surface area contributed by atoms with Crippen molar-refractivity contribution in [3.05, 3.63) is 97.4 Å². The summed E-state index contributed by atoms with van der Waals surface area (Å²) in [6.07, 6.45) is 4.46. The maximum Gasteiger partial charge on any atom is 0.349 e. The smallest absolute Gasteiger partial charge is 0.349 e. The minimum absolute atomic E-state index is 0.0335. The summed E-state index contributed by atoms with van der Waals surface area (Å²) in [5.41, 5.74) is -3.21. The van der Waals surface area contributed by atoms with Gasteiger partial charge in [-0.25, -0.2) is 40.1 Å². The first kappa shape index (κ1) is 34.0. The molecule has 0 amide bonds. The normalized spacial score (nSPS) is 15.3. The molecule has 13 nitrogen and oxygen atoms in total. The Labute approximate surface area is 264 Å². The molecule has 0 spiro atoms. The molecule has 4 rings (SSSR count). The highest BCUT2D eigenvalue weighted by molar-refractivity contribution is 7.93. The van der Waals surface area contributed by atoms with E-state index < -0.39 is 54.2 Å². The number of alkyl halides is 2. The predicted octanol–water partition coefficient (Wildman–Crippen LogP) is 3.50. The van der Waals surface area contributed by atoms with Crippen LogP contribution in [0.1, 0.15) is 19.0 Å². The van der Waals surface area contributed by atoms with Crippen LogP contribution in [0.3, 0.4) is 0 Å². The van der Waals surface area contributed by atoms with Gasteiger partial charge in [0.25, 0.3) is 12.0 Å². The number of rotatable bonds is 12. The number of nitrogens with one attached hydrogen (secondary N) is 2. The number of aromatic nitrogens is 4. The van der Waals surface area contributed by atoms with Crippen LogP contribution in [0.15, 0.2) is 75.3 Å². The minimum Gasteiger partial charge on any atom is -0.486 e.